The van der Waals surface area contributed by atoms with E-state index in [1.807, 2.05) is 0 Å². The highest BCUT2D eigenvalue weighted by atomic mass is 31.2. The molecule has 0 saturated carbocycles. The van der Waals surface area contributed by atoms with Crippen LogP contribution in [0.15, 0.2) is 12.1 Å². The average molecular weight is 272 g/mol. The molecule has 0 saturated heterocycles. The highest BCUT2D eigenvalue weighted by Gasteiger charge is 2.33. The van der Waals surface area contributed by atoms with Crippen LogP contribution < -0.4 is 5.30 Å². The monoisotopic (exact) mass is 272 g/mol. The maximum Gasteiger partial charge on any atom is 0.393 e. The zero-order valence-electron chi connectivity index (χ0n) is 8.62. The van der Waals surface area contributed by atoms with Gasteiger partial charge in [0.25, 0.3) is 0 Å². The molecular formula is C9H9F4O3P. The van der Waals surface area contributed by atoms with Gasteiger partial charge in [-0.25, -0.2) is 4.39 Å². The molecule has 0 bridgehead atoms. The van der Waals surface area contributed by atoms with Gasteiger partial charge in [0, 0.05) is 5.56 Å². The van der Waals surface area contributed by atoms with Crippen molar-refractivity contribution in [2.45, 2.75) is 19.5 Å². The van der Waals surface area contributed by atoms with Crippen LogP contribution in [0.25, 0.3) is 0 Å². The molecule has 8 heteroatoms. The van der Waals surface area contributed by atoms with E-state index < -0.39 is 36.9 Å². The molecule has 3 nitrogen and oxygen atoms in total. The molecule has 2 N–H and O–H groups in total. The van der Waals surface area contributed by atoms with Crippen molar-refractivity contribution in [3.8, 4) is 0 Å². The number of rotatable bonds is 2. The van der Waals surface area contributed by atoms with E-state index in [9.17, 15) is 22.1 Å². The van der Waals surface area contributed by atoms with Crippen LogP contribution in [0.5, 0.6) is 0 Å². The number of hydrogen-bond acceptors (Lipinski definition) is 1. The molecule has 1 aromatic rings. The minimum absolute atomic E-state index is 0.00275. The van der Waals surface area contributed by atoms with E-state index >= 15 is 0 Å². The molecule has 17 heavy (non-hydrogen) atoms. The maximum atomic E-state index is 13.6. The first-order chi connectivity index (χ1) is 7.52. The second-order valence-corrected chi connectivity index (χ2v) is 5.10. The predicted octanol–water partition coefficient (Wildman–Crippen LogP) is 2.04. The zero-order chi connectivity index (χ0) is 13.4. The van der Waals surface area contributed by atoms with E-state index in [1.165, 1.54) is 6.92 Å². The first-order valence-corrected chi connectivity index (χ1v) is 6.04. The van der Waals surface area contributed by atoms with Gasteiger partial charge in [0.15, 0.2) is 0 Å². The summed E-state index contributed by atoms with van der Waals surface area (Å²) in [6.07, 6.45) is -6.20. The fourth-order valence-electron chi connectivity index (χ4n) is 1.35. The Labute approximate surface area is 94.2 Å². The van der Waals surface area contributed by atoms with E-state index in [1.54, 1.807) is 0 Å². The highest BCUT2D eigenvalue weighted by Crippen LogP contribution is 2.36. The first kappa shape index (κ1) is 14.2. The molecule has 0 aliphatic rings. The summed E-state index contributed by atoms with van der Waals surface area (Å²) in [5.41, 5.74) is -0.740. The van der Waals surface area contributed by atoms with Gasteiger partial charge in [0.2, 0.25) is 0 Å². The Morgan fingerprint density at radius 3 is 2.24 bits per heavy atom. The molecule has 0 unspecified atom stereocenters. The SMILES string of the molecule is Cc1ccc(P(=O)(O)O)c(F)c1CC(F)(F)F. The second kappa shape index (κ2) is 4.40. The minimum Gasteiger partial charge on any atom is -0.321 e. The molecule has 1 rings (SSSR count). The molecule has 0 spiro atoms. The van der Waals surface area contributed by atoms with Gasteiger partial charge in [-0.05, 0) is 18.6 Å². The van der Waals surface area contributed by atoms with Crippen molar-refractivity contribution in [1.82, 2.24) is 0 Å². The third kappa shape index (κ3) is 3.52. The van der Waals surface area contributed by atoms with Crippen molar-refractivity contribution in [2.75, 3.05) is 0 Å². The van der Waals surface area contributed by atoms with E-state index in [-0.39, 0.29) is 5.56 Å². The topological polar surface area (TPSA) is 57.5 Å². The second-order valence-electron chi connectivity index (χ2n) is 3.53. The van der Waals surface area contributed by atoms with Crippen LogP contribution in [0, 0.1) is 12.7 Å². The van der Waals surface area contributed by atoms with Crippen LogP contribution in [-0.2, 0) is 11.0 Å². The van der Waals surface area contributed by atoms with Crippen molar-refractivity contribution in [3.63, 3.8) is 0 Å². The van der Waals surface area contributed by atoms with Crippen molar-refractivity contribution < 1.29 is 31.9 Å². The maximum absolute atomic E-state index is 13.6. The molecule has 0 aliphatic heterocycles. The largest absolute Gasteiger partial charge is 0.393 e. The van der Waals surface area contributed by atoms with Gasteiger partial charge in [-0.3, -0.25) is 4.57 Å². The Bertz CT molecular complexity index is 478. The zero-order valence-corrected chi connectivity index (χ0v) is 9.52. The van der Waals surface area contributed by atoms with E-state index in [0.29, 0.717) is 0 Å². The molecule has 0 heterocycles. The van der Waals surface area contributed by atoms with Gasteiger partial charge >= 0.3 is 13.8 Å². The highest BCUT2D eigenvalue weighted by molar-refractivity contribution is 7.60. The summed E-state index contributed by atoms with van der Waals surface area (Å²) < 4.78 is 60.9. The normalized spacial score (nSPS) is 12.9. The lowest BCUT2D eigenvalue weighted by Gasteiger charge is -2.14. The molecule has 96 valence electrons. The molecule has 0 radical (unpaired) electrons. The predicted molar refractivity (Wildman–Crippen MR) is 52.6 cm³/mol. The Hall–Kier alpha value is -0.910. The molecule has 0 aliphatic carbocycles. The molecule has 0 amide bonds. The molecular weight excluding hydrogens is 263 g/mol. The van der Waals surface area contributed by atoms with Gasteiger partial charge in [-0.1, -0.05) is 6.07 Å². The smallest absolute Gasteiger partial charge is 0.321 e. The number of halogens is 4. The van der Waals surface area contributed by atoms with Crippen LogP contribution >= 0.6 is 7.60 Å². The summed E-state index contributed by atoms with van der Waals surface area (Å²) in [7, 11) is -4.91. The molecule has 0 atom stereocenters. The van der Waals surface area contributed by atoms with Crippen molar-refractivity contribution in [1.29, 1.82) is 0 Å². The van der Waals surface area contributed by atoms with Gasteiger partial charge in [0.1, 0.15) is 5.82 Å². The van der Waals surface area contributed by atoms with Crippen molar-refractivity contribution in [2.24, 2.45) is 0 Å². The lowest BCUT2D eigenvalue weighted by atomic mass is 10.1. The summed E-state index contributed by atoms with van der Waals surface area (Å²) in [4.78, 5) is 17.5. The van der Waals surface area contributed by atoms with Crippen LogP contribution in [-0.4, -0.2) is 16.0 Å². The summed E-state index contributed by atoms with van der Waals surface area (Å²) in [6.45, 7) is 1.24. The number of hydrogen-bond donors (Lipinski definition) is 2. The van der Waals surface area contributed by atoms with E-state index in [0.717, 1.165) is 12.1 Å². The molecule has 0 fully saturated rings. The van der Waals surface area contributed by atoms with Gasteiger partial charge in [-0.2, -0.15) is 13.2 Å². The van der Waals surface area contributed by atoms with E-state index in [4.69, 9.17) is 9.79 Å². The van der Waals surface area contributed by atoms with Gasteiger partial charge in [0.05, 0.1) is 11.7 Å². The Kier molecular flexibility index (Phi) is 3.66. The lowest BCUT2D eigenvalue weighted by molar-refractivity contribution is -0.127. The fraction of sp³-hybridized carbons (Fsp3) is 0.333. The summed E-state index contributed by atoms with van der Waals surface area (Å²) >= 11 is 0. The van der Waals surface area contributed by atoms with Gasteiger partial charge < -0.3 is 9.79 Å². The Morgan fingerprint density at radius 2 is 1.82 bits per heavy atom. The first-order valence-electron chi connectivity index (χ1n) is 4.43. The minimum atomic E-state index is -4.91. The van der Waals surface area contributed by atoms with Crippen LogP contribution in [0.1, 0.15) is 11.1 Å². The summed E-state index contributed by atoms with van der Waals surface area (Å²) in [5.74, 6) is -1.49. The Balaban J connectivity index is 3.36. The van der Waals surface area contributed by atoms with E-state index in [2.05, 4.69) is 0 Å². The van der Waals surface area contributed by atoms with Crippen molar-refractivity contribution >= 4 is 12.9 Å². The molecule has 0 aromatic heterocycles. The third-order valence-electron chi connectivity index (χ3n) is 2.15. The Morgan fingerprint density at radius 1 is 1.29 bits per heavy atom. The average Bonchev–Trinajstić information content (AvgIpc) is 2.08. The molecule has 1 aromatic carbocycles. The quantitative estimate of drug-likeness (QED) is 0.640. The number of alkyl halides is 3. The third-order valence-corrected chi connectivity index (χ3v) is 3.12. The fourth-order valence-corrected chi connectivity index (χ4v) is 2.01. The van der Waals surface area contributed by atoms with Crippen LogP contribution in [0.2, 0.25) is 0 Å². The van der Waals surface area contributed by atoms with Crippen LogP contribution in [0.3, 0.4) is 0 Å². The standard InChI is InChI=1S/C9H9F4O3P/c1-5-2-3-7(17(14,15)16)8(10)6(5)4-9(11,12)13/h2-3H,4H2,1H3,(H2,14,15,16). The summed E-state index contributed by atoms with van der Waals surface area (Å²) in [5, 5.41) is -1.01. The number of benzene rings is 1. The van der Waals surface area contributed by atoms with Gasteiger partial charge in [-0.15, -0.1) is 0 Å². The van der Waals surface area contributed by atoms with Crippen LogP contribution in [0.4, 0.5) is 17.6 Å². The van der Waals surface area contributed by atoms with Crippen molar-refractivity contribution in [3.05, 3.63) is 29.1 Å². The lowest BCUT2D eigenvalue weighted by Crippen LogP contribution is -2.19. The number of aryl methyl sites for hydroxylation is 1. The summed E-state index contributed by atoms with van der Waals surface area (Å²) in [6, 6.07) is 1.85.